The molecule has 1 aliphatic heterocycles. The second-order valence-corrected chi connectivity index (χ2v) is 7.41. The van der Waals surface area contributed by atoms with Crippen LogP contribution in [0.25, 0.3) is 0 Å². The Labute approximate surface area is 155 Å². The van der Waals surface area contributed by atoms with Crippen LogP contribution in [0, 0.1) is 0 Å². The van der Waals surface area contributed by atoms with Crippen molar-refractivity contribution in [3.63, 3.8) is 0 Å². The number of rotatable bonds is 4. The molecular formula is C22H27N3O. The van der Waals surface area contributed by atoms with Crippen molar-refractivity contribution in [2.75, 3.05) is 32.7 Å². The molecule has 0 spiro atoms. The van der Waals surface area contributed by atoms with E-state index >= 15 is 0 Å². The van der Waals surface area contributed by atoms with E-state index in [1.807, 2.05) is 4.90 Å². The topological polar surface area (TPSA) is 36.4 Å². The van der Waals surface area contributed by atoms with Crippen LogP contribution >= 0.6 is 0 Å². The Hall–Kier alpha value is -2.20. The van der Waals surface area contributed by atoms with Crippen LogP contribution in [-0.2, 0) is 19.3 Å². The molecule has 1 amide bonds. The Morgan fingerprint density at radius 1 is 1.00 bits per heavy atom. The van der Waals surface area contributed by atoms with Crippen molar-refractivity contribution in [3.05, 3.63) is 65.0 Å². The smallest absolute Gasteiger partial charge is 0.255 e. The van der Waals surface area contributed by atoms with Crippen LogP contribution in [0.3, 0.4) is 0 Å². The van der Waals surface area contributed by atoms with Crippen LogP contribution in [0.2, 0.25) is 0 Å². The fourth-order valence-corrected chi connectivity index (χ4v) is 3.99. The lowest BCUT2D eigenvalue weighted by Gasteiger charge is -2.35. The highest BCUT2D eigenvalue weighted by Gasteiger charge is 2.23. The lowest BCUT2D eigenvalue weighted by molar-refractivity contribution is 0.0638. The molecule has 0 radical (unpaired) electrons. The van der Waals surface area contributed by atoms with Gasteiger partial charge in [0.1, 0.15) is 0 Å². The number of carbonyl (C=O) groups excluding carboxylic acids is 1. The number of pyridine rings is 1. The van der Waals surface area contributed by atoms with Crippen molar-refractivity contribution in [2.45, 2.75) is 32.1 Å². The molecule has 4 rings (SSSR count). The quantitative estimate of drug-likeness (QED) is 0.851. The van der Waals surface area contributed by atoms with Gasteiger partial charge >= 0.3 is 0 Å². The third kappa shape index (κ3) is 3.96. The van der Waals surface area contributed by atoms with E-state index in [-0.39, 0.29) is 5.91 Å². The zero-order valence-electron chi connectivity index (χ0n) is 15.4. The SMILES string of the molecule is O=C(c1cnc2c(c1)CCCC2)N1CCN(CCc2ccccc2)CC1. The van der Waals surface area contributed by atoms with Gasteiger partial charge in [-0.1, -0.05) is 30.3 Å². The zero-order valence-corrected chi connectivity index (χ0v) is 15.4. The first kappa shape index (κ1) is 17.2. The van der Waals surface area contributed by atoms with Gasteiger partial charge in [-0.15, -0.1) is 0 Å². The minimum absolute atomic E-state index is 0.147. The molecular weight excluding hydrogens is 322 g/mol. The number of aryl methyl sites for hydroxylation is 2. The first-order valence-electron chi connectivity index (χ1n) is 9.83. The van der Waals surface area contributed by atoms with E-state index in [1.165, 1.54) is 29.7 Å². The van der Waals surface area contributed by atoms with Gasteiger partial charge in [0.2, 0.25) is 0 Å². The molecule has 0 unspecified atom stereocenters. The molecule has 1 saturated heterocycles. The zero-order chi connectivity index (χ0) is 17.8. The predicted molar refractivity (Wildman–Crippen MR) is 103 cm³/mol. The molecule has 26 heavy (non-hydrogen) atoms. The average molecular weight is 349 g/mol. The summed E-state index contributed by atoms with van der Waals surface area (Å²) in [7, 11) is 0. The number of nitrogens with zero attached hydrogens (tertiary/aromatic N) is 3. The summed E-state index contributed by atoms with van der Waals surface area (Å²) in [5.74, 6) is 0.147. The predicted octanol–water partition coefficient (Wildman–Crippen LogP) is 2.96. The largest absolute Gasteiger partial charge is 0.336 e. The molecule has 2 aromatic rings. The number of carbonyl (C=O) groups is 1. The third-order valence-electron chi connectivity index (χ3n) is 5.64. The number of benzene rings is 1. The normalized spacial score (nSPS) is 17.8. The Balaban J connectivity index is 1.31. The summed E-state index contributed by atoms with van der Waals surface area (Å²) in [6.07, 6.45) is 7.42. The van der Waals surface area contributed by atoms with Crippen molar-refractivity contribution in [1.29, 1.82) is 0 Å². The highest BCUT2D eigenvalue weighted by Crippen LogP contribution is 2.21. The van der Waals surface area contributed by atoms with E-state index in [0.717, 1.165) is 57.5 Å². The Morgan fingerprint density at radius 3 is 2.58 bits per heavy atom. The van der Waals surface area contributed by atoms with E-state index in [9.17, 15) is 4.79 Å². The number of hydrogen-bond donors (Lipinski definition) is 0. The summed E-state index contributed by atoms with van der Waals surface area (Å²) >= 11 is 0. The van der Waals surface area contributed by atoms with Crippen LogP contribution in [-0.4, -0.2) is 53.4 Å². The van der Waals surface area contributed by atoms with Crippen molar-refractivity contribution in [3.8, 4) is 0 Å². The number of amides is 1. The van der Waals surface area contributed by atoms with Gasteiger partial charge in [-0.05, 0) is 49.3 Å². The molecule has 0 atom stereocenters. The van der Waals surface area contributed by atoms with Crippen molar-refractivity contribution >= 4 is 5.91 Å². The van der Waals surface area contributed by atoms with Crippen LogP contribution < -0.4 is 0 Å². The molecule has 0 bridgehead atoms. The maximum atomic E-state index is 12.8. The second-order valence-electron chi connectivity index (χ2n) is 7.41. The molecule has 2 aliphatic rings. The van der Waals surface area contributed by atoms with E-state index in [0.29, 0.717) is 0 Å². The van der Waals surface area contributed by atoms with Gasteiger partial charge in [0.25, 0.3) is 5.91 Å². The molecule has 1 aromatic carbocycles. The van der Waals surface area contributed by atoms with Gasteiger partial charge in [-0.2, -0.15) is 0 Å². The highest BCUT2D eigenvalue weighted by atomic mass is 16.2. The van der Waals surface area contributed by atoms with Gasteiger partial charge in [0, 0.05) is 44.6 Å². The molecule has 0 saturated carbocycles. The van der Waals surface area contributed by atoms with Crippen LogP contribution in [0.4, 0.5) is 0 Å². The van der Waals surface area contributed by atoms with E-state index in [2.05, 4.69) is 46.3 Å². The van der Waals surface area contributed by atoms with Crippen LogP contribution in [0.5, 0.6) is 0 Å². The summed E-state index contributed by atoms with van der Waals surface area (Å²) in [5, 5.41) is 0. The number of hydrogen-bond acceptors (Lipinski definition) is 3. The lowest BCUT2D eigenvalue weighted by Crippen LogP contribution is -2.49. The number of aromatic nitrogens is 1. The molecule has 1 aliphatic carbocycles. The van der Waals surface area contributed by atoms with E-state index in [4.69, 9.17) is 0 Å². The van der Waals surface area contributed by atoms with Crippen molar-refractivity contribution < 1.29 is 4.79 Å². The minimum Gasteiger partial charge on any atom is -0.336 e. The fraction of sp³-hybridized carbons (Fsp3) is 0.455. The summed E-state index contributed by atoms with van der Waals surface area (Å²) in [6.45, 7) is 4.59. The fourth-order valence-electron chi connectivity index (χ4n) is 3.99. The average Bonchev–Trinajstić information content (AvgIpc) is 2.72. The molecule has 4 nitrogen and oxygen atoms in total. The molecule has 1 aromatic heterocycles. The van der Waals surface area contributed by atoms with E-state index < -0.39 is 0 Å². The Kier molecular flexibility index (Phi) is 5.30. The highest BCUT2D eigenvalue weighted by molar-refractivity contribution is 5.94. The molecule has 4 heteroatoms. The number of fused-ring (bicyclic) bond motifs is 1. The standard InChI is InChI=1S/C22H27N3O/c26-22(20-16-19-8-4-5-9-21(19)23-17-20)25-14-12-24(13-15-25)11-10-18-6-2-1-3-7-18/h1-3,6-7,16-17H,4-5,8-15H2. The van der Waals surface area contributed by atoms with E-state index in [1.54, 1.807) is 6.20 Å². The summed E-state index contributed by atoms with van der Waals surface area (Å²) in [4.78, 5) is 21.8. The van der Waals surface area contributed by atoms with Crippen LogP contribution in [0.1, 0.15) is 40.0 Å². The van der Waals surface area contributed by atoms with Crippen molar-refractivity contribution in [2.24, 2.45) is 0 Å². The summed E-state index contributed by atoms with van der Waals surface area (Å²) in [6, 6.07) is 12.7. The van der Waals surface area contributed by atoms with Gasteiger partial charge in [0.15, 0.2) is 0 Å². The molecule has 1 fully saturated rings. The molecule has 136 valence electrons. The maximum Gasteiger partial charge on any atom is 0.255 e. The van der Waals surface area contributed by atoms with Crippen LogP contribution in [0.15, 0.2) is 42.6 Å². The van der Waals surface area contributed by atoms with Gasteiger partial charge in [-0.3, -0.25) is 14.7 Å². The summed E-state index contributed by atoms with van der Waals surface area (Å²) in [5.41, 5.74) is 4.62. The first-order valence-corrected chi connectivity index (χ1v) is 9.83. The van der Waals surface area contributed by atoms with Gasteiger partial charge in [-0.25, -0.2) is 0 Å². The second kappa shape index (κ2) is 8.00. The maximum absolute atomic E-state index is 12.8. The van der Waals surface area contributed by atoms with Crippen molar-refractivity contribution in [1.82, 2.24) is 14.8 Å². The van der Waals surface area contributed by atoms with Gasteiger partial charge < -0.3 is 4.90 Å². The Morgan fingerprint density at radius 2 is 1.77 bits per heavy atom. The van der Waals surface area contributed by atoms with Gasteiger partial charge in [0.05, 0.1) is 5.56 Å². The molecule has 2 heterocycles. The Bertz CT molecular complexity index is 751. The lowest BCUT2D eigenvalue weighted by atomic mass is 9.95. The first-order chi connectivity index (χ1) is 12.8. The third-order valence-corrected chi connectivity index (χ3v) is 5.64. The summed E-state index contributed by atoms with van der Waals surface area (Å²) < 4.78 is 0. The minimum atomic E-state index is 0.147. The number of piperazine rings is 1. The molecule has 0 N–H and O–H groups in total. The monoisotopic (exact) mass is 349 g/mol.